The first-order valence-corrected chi connectivity index (χ1v) is 6.11. The second kappa shape index (κ2) is 7.07. The number of hydrazone groups is 1. The van der Waals surface area contributed by atoms with E-state index in [1.807, 2.05) is 0 Å². The number of hydrogen-bond donors (Lipinski definition) is 1. The van der Waals surface area contributed by atoms with Crippen LogP contribution in [0.1, 0.15) is 38.3 Å². The number of aliphatic hydroxyl groups excluding tert-OH is 1. The zero-order chi connectivity index (χ0) is 12.7. The molecule has 0 fully saturated rings. The summed E-state index contributed by atoms with van der Waals surface area (Å²) in [5, 5.41) is 13.8. The molecule has 1 unspecified atom stereocenters. The molecule has 1 aliphatic rings. The number of rotatable bonds is 3. The largest absolute Gasteiger partial charge is 0.400 e. The van der Waals surface area contributed by atoms with E-state index in [2.05, 4.69) is 54.3 Å². The van der Waals surface area contributed by atoms with Gasteiger partial charge in [-0.05, 0) is 18.9 Å². The average Bonchev–Trinajstić information content (AvgIpc) is 2.75. The SMILES string of the molecule is CCCN1N=C(C)CC1c1ccccc1.CO. The van der Waals surface area contributed by atoms with Crippen LogP contribution in [0.2, 0.25) is 0 Å². The first kappa shape index (κ1) is 13.7. The third-order valence-corrected chi connectivity index (χ3v) is 2.78. The molecule has 0 saturated heterocycles. The van der Waals surface area contributed by atoms with E-state index in [0.717, 1.165) is 26.5 Å². The highest BCUT2D eigenvalue weighted by Gasteiger charge is 2.24. The molecule has 2 rings (SSSR count). The minimum atomic E-state index is 0.464. The second-order valence-electron chi connectivity index (χ2n) is 4.13. The van der Waals surface area contributed by atoms with Crippen LogP contribution >= 0.6 is 0 Å². The fourth-order valence-corrected chi connectivity index (χ4v) is 2.12. The van der Waals surface area contributed by atoms with Gasteiger partial charge in [-0.1, -0.05) is 37.3 Å². The van der Waals surface area contributed by atoms with Crippen molar-refractivity contribution >= 4 is 5.71 Å². The van der Waals surface area contributed by atoms with Gasteiger partial charge in [0.2, 0.25) is 0 Å². The Kier molecular flexibility index (Phi) is 5.70. The number of aliphatic hydroxyl groups is 1. The molecule has 0 spiro atoms. The monoisotopic (exact) mass is 234 g/mol. The molecule has 0 bridgehead atoms. The van der Waals surface area contributed by atoms with Crippen LogP contribution < -0.4 is 0 Å². The molecule has 1 aromatic rings. The molecule has 1 atom stereocenters. The van der Waals surface area contributed by atoms with Crippen molar-refractivity contribution in [2.75, 3.05) is 13.7 Å². The Morgan fingerprint density at radius 1 is 1.29 bits per heavy atom. The van der Waals surface area contributed by atoms with Crippen LogP contribution in [0.4, 0.5) is 0 Å². The van der Waals surface area contributed by atoms with E-state index in [4.69, 9.17) is 5.11 Å². The highest BCUT2D eigenvalue weighted by atomic mass is 16.2. The van der Waals surface area contributed by atoms with Crippen molar-refractivity contribution in [3.63, 3.8) is 0 Å². The van der Waals surface area contributed by atoms with Gasteiger partial charge >= 0.3 is 0 Å². The summed E-state index contributed by atoms with van der Waals surface area (Å²) in [4.78, 5) is 0. The summed E-state index contributed by atoms with van der Waals surface area (Å²) in [5.41, 5.74) is 2.63. The van der Waals surface area contributed by atoms with Gasteiger partial charge < -0.3 is 5.11 Å². The minimum absolute atomic E-state index is 0.464. The fourth-order valence-electron chi connectivity index (χ4n) is 2.12. The Balaban J connectivity index is 0.000000686. The van der Waals surface area contributed by atoms with Gasteiger partial charge in [0, 0.05) is 25.8 Å². The van der Waals surface area contributed by atoms with Crippen LogP contribution in [0.5, 0.6) is 0 Å². The van der Waals surface area contributed by atoms with E-state index in [0.29, 0.717) is 6.04 Å². The smallest absolute Gasteiger partial charge is 0.0772 e. The highest BCUT2D eigenvalue weighted by Crippen LogP contribution is 2.30. The molecule has 0 aliphatic carbocycles. The van der Waals surface area contributed by atoms with Crippen molar-refractivity contribution in [2.45, 2.75) is 32.7 Å². The number of hydrogen-bond acceptors (Lipinski definition) is 3. The summed E-state index contributed by atoms with van der Waals surface area (Å²) in [7, 11) is 1.00. The van der Waals surface area contributed by atoms with E-state index in [-0.39, 0.29) is 0 Å². The third kappa shape index (κ3) is 3.56. The molecule has 0 aromatic heterocycles. The Bertz CT molecular complexity index is 348. The van der Waals surface area contributed by atoms with E-state index >= 15 is 0 Å². The lowest BCUT2D eigenvalue weighted by molar-refractivity contribution is 0.234. The topological polar surface area (TPSA) is 35.8 Å². The molecule has 0 saturated carbocycles. The maximum absolute atomic E-state index is 7.00. The third-order valence-electron chi connectivity index (χ3n) is 2.78. The molecule has 94 valence electrons. The fraction of sp³-hybridized carbons (Fsp3) is 0.500. The first-order valence-electron chi connectivity index (χ1n) is 6.11. The van der Waals surface area contributed by atoms with Crippen molar-refractivity contribution in [3.05, 3.63) is 35.9 Å². The van der Waals surface area contributed by atoms with Gasteiger partial charge in [0.15, 0.2) is 0 Å². The van der Waals surface area contributed by atoms with Gasteiger partial charge in [-0.2, -0.15) is 5.10 Å². The number of benzene rings is 1. The average molecular weight is 234 g/mol. The summed E-state index contributed by atoms with van der Waals surface area (Å²) < 4.78 is 0. The molecule has 3 heteroatoms. The first-order chi connectivity index (χ1) is 8.31. The summed E-state index contributed by atoms with van der Waals surface area (Å²) in [6, 6.07) is 11.1. The normalized spacial score (nSPS) is 18.5. The predicted octanol–water partition coefficient (Wildman–Crippen LogP) is 2.83. The van der Waals surface area contributed by atoms with Crippen molar-refractivity contribution < 1.29 is 5.11 Å². The maximum atomic E-state index is 7.00. The second-order valence-corrected chi connectivity index (χ2v) is 4.13. The van der Waals surface area contributed by atoms with E-state index in [1.54, 1.807) is 0 Å². The number of nitrogens with zero attached hydrogens (tertiary/aromatic N) is 2. The quantitative estimate of drug-likeness (QED) is 0.873. The standard InChI is InChI=1S/C13H18N2.CH4O/c1-3-9-15-13(10-11(2)14-15)12-7-5-4-6-8-12;1-2/h4-8,13H,3,9-10H2,1-2H3;2H,1H3. The van der Waals surface area contributed by atoms with Crippen molar-refractivity contribution in [2.24, 2.45) is 5.10 Å². The van der Waals surface area contributed by atoms with Crippen LogP contribution in [0.25, 0.3) is 0 Å². The van der Waals surface area contributed by atoms with Crippen molar-refractivity contribution in [1.29, 1.82) is 0 Å². The lowest BCUT2D eigenvalue weighted by atomic mass is 10.0. The zero-order valence-corrected chi connectivity index (χ0v) is 10.9. The maximum Gasteiger partial charge on any atom is 0.0772 e. The van der Waals surface area contributed by atoms with Crippen molar-refractivity contribution in [1.82, 2.24) is 5.01 Å². The molecule has 1 heterocycles. The van der Waals surface area contributed by atoms with E-state index < -0.39 is 0 Å². The zero-order valence-electron chi connectivity index (χ0n) is 10.9. The molecule has 1 N–H and O–H groups in total. The molecule has 1 aliphatic heterocycles. The Morgan fingerprint density at radius 3 is 2.53 bits per heavy atom. The van der Waals surface area contributed by atoms with Gasteiger partial charge in [-0.25, -0.2) is 0 Å². The molecule has 1 aromatic carbocycles. The lowest BCUT2D eigenvalue weighted by Crippen LogP contribution is -2.20. The van der Waals surface area contributed by atoms with Gasteiger partial charge in [0.25, 0.3) is 0 Å². The molecule has 0 amide bonds. The van der Waals surface area contributed by atoms with Crippen LogP contribution in [-0.4, -0.2) is 29.5 Å². The van der Waals surface area contributed by atoms with E-state index in [1.165, 1.54) is 11.3 Å². The summed E-state index contributed by atoms with van der Waals surface area (Å²) >= 11 is 0. The van der Waals surface area contributed by atoms with Gasteiger partial charge in [-0.3, -0.25) is 5.01 Å². The molecule has 17 heavy (non-hydrogen) atoms. The van der Waals surface area contributed by atoms with E-state index in [9.17, 15) is 0 Å². The molecule has 3 nitrogen and oxygen atoms in total. The minimum Gasteiger partial charge on any atom is -0.400 e. The molecular formula is C14H22N2O. The lowest BCUT2D eigenvalue weighted by Gasteiger charge is -2.23. The van der Waals surface area contributed by atoms with Crippen LogP contribution in [0.15, 0.2) is 35.4 Å². The van der Waals surface area contributed by atoms with Crippen LogP contribution in [0.3, 0.4) is 0 Å². The molecular weight excluding hydrogens is 212 g/mol. The Morgan fingerprint density at radius 2 is 1.94 bits per heavy atom. The predicted molar refractivity (Wildman–Crippen MR) is 72.0 cm³/mol. The summed E-state index contributed by atoms with van der Waals surface area (Å²) in [5.74, 6) is 0. The van der Waals surface area contributed by atoms with Crippen LogP contribution in [0, 0.1) is 0 Å². The van der Waals surface area contributed by atoms with Gasteiger partial charge in [-0.15, -0.1) is 0 Å². The summed E-state index contributed by atoms with van der Waals surface area (Å²) in [6.45, 7) is 5.37. The Hall–Kier alpha value is -1.35. The van der Waals surface area contributed by atoms with Gasteiger partial charge in [0.05, 0.1) is 6.04 Å². The summed E-state index contributed by atoms with van der Waals surface area (Å²) in [6.07, 6.45) is 2.23. The van der Waals surface area contributed by atoms with Crippen LogP contribution in [-0.2, 0) is 0 Å². The van der Waals surface area contributed by atoms with Crippen molar-refractivity contribution in [3.8, 4) is 0 Å². The molecule has 0 radical (unpaired) electrons. The van der Waals surface area contributed by atoms with Gasteiger partial charge in [0.1, 0.15) is 0 Å². The highest BCUT2D eigenvalue weighted by molar-refractivity contribution is 5.83. The Labute approximate surface area is 104 Å².